The van der Waals surface area contributed by atoms with E-state index in [0.29, 0.717) is 0 Å². The summed E-state index contributed by atoms with van der Waals surface area (Å²) in [6.07, 6.45) is 4.87. The van der Waals surface area contributed by atoms with Gasteiger partial charge >= 0.3 is 5.69 Å². The minimum absolute atomic E-state index is 0.0791. The monoisotopic (exact) mass is 252 g/mol. The lowest BCUT2D eigenvalue weighted by molar-refractivity contribution is 0.0919. The second-order valence-corrected chi connectivity index (χ2v) is 4.51. The van der Waals surface area contributed by atoms with Gasteiger partial charge < -0.3 is 16.0 Å². The van der Waals surface area contributed by atoms with Gasteiger partial charge in [0.1, 0.15) is 5.56 Å². The maximum atomic E-state index is 11.9. The fourth-order valence-corrected chi connectivity index (χ4v) is 2.16. The van der Waals surface area contributed by atoms with Gasteiger partial charge in [0.2, 0.25) is 0 Å². The normalized spacial score (nSPS) is 23.6. The Labute approximate surface area is 103 Å². The van der Waals surface area contributed by atoms with E-state index in [9.17, 15) is 14.4 Å². The summed E-state index contributed by atoms with van der Waals surface area (Å²) >= 11 is 0. The number of rotatable bonds is 2. The molecule has 5 N–H and O–H groups in total. The molecule has 0 bridgehead atoms. The predicted molar refractivity (Wildman–Crippen MR) is 65.4 cm³/mol. The number of nitrogens with one attached hydrogen (secondary N) is 3. The Kier molecular flexibility index (Phi) is 3.61. The number of carbonyl (C=O) groups is 1. The van der Waals surface area contributed by atoms with Crippen LogP contribution in [0, 0.1) is 0 Å². The zero-order valence-corrected chi connectivity index (χ0v) is 9.86. The summed E-state index contributed by atoms with van der Waals surface area (Å²) < 4.78 is 0. The van der Waals surface area contributed by atoms with E-state index in [1.807, 2.05) is 4.98 Å². The van der Waals surface area contributed by atoms with Crippen LogP contribution in [-0.2, 0) is 0 Å². The number of aromatic amines is 2. The van der Waals surface area contributed by atoms with E-state index >= 15 is 0 Å². The van der Waals surface area contributed by atoms with E-state index in [-0.39, 0.29) is 17.6 Å². The Morgan fingerprint density at radius 3 is 2.72 bits per heavy atom. The molecule has 1 saturated carbocycles. The zero-order chi connectivity index (χ0) is 13.1. The van der Waals surface area contributed by atoms with Gasteiger partial charge in [0.05, 0.1) is 0 Å². The van der Waals surface area contributed by atoms with E-state index in [1.54, 1.807) is 0 Å². The standard InChI is InChI=1S/C11H16N4O3/c12-7-3-1-2-4-8(7)14-9(16)6-5-13-11(18)15-10(6)17/h5,7-8H,1-4,12H2,(H,14,16)(H2,13,15,17,18). The predicted octanol–water partition coefficient (Wildman–Crippen LogP) is -0.937. The molecule has 0 radical (unpaired) electrons. The third-order valence-electron chi connectivity index (χ3n) is 3.20. The molecule has 1 aromatic rings. The van der Waals surface area contributed by atoms with Gasteiger partial charge in [0.15, 0.2) is 0 Å². The number of aromatic nitrogens is 2. The van der Waals surface area contributed by atoms with Crippen molar-refractivity contribution in [2.75, 3.05) is 0 Å². The van der Waals surface area contributed by atoms with Crippen molar-refractivity contribution in [1.29, 1.82) is 0 Å². The first kappa shape index (κ1) is 12.6. The molecule has 1 fully saturated rings. The van der Waals surface area contributed by atoms with Crippen molar-refractivity contribution < 1.29 is 4.79 Å². The molecule has 98 valence electrons. The minimum Gasteiger partial charge on any atom is -0.348 e. The van der Waals surface area contributed by atoms with Crippen LogP contribution in [0.4, 0.5) is 0 Å². The second-order valence-electron chi connectivity index (χ2n) is 4.51. The van der Waals surface area contributed by atoms with Crippen LogP contribution in [0.1, 0.15) is 36.0 Å². The molecule has 1 aliphatic rings. The van der Waals surface area contributed by atoms with Crippen LogP contribution in [0.2, 0.25) is 0 Å². The summed E-state index contributed by atoms with van der Waals surface area (Å²) in [7, 11) is 0. The Morgan fingerprint density at radius 2 is 2.06 bits per heavy atom. The highest BCUT2D eigenvalue weighted by Gasteiger charge is 2.24. The molecular formula is C11H16N4O3. The fraction of sp³-hybridized carbons (Fsp3) is 0.545. The summed E-state index contributed by atoms with van der Waals surface area (Å²) in [6.45, 7) is 0. The van der Waals surface area contributed by atoms with Crippen LogP contribution in [0.5, 0.6) is 0 Å². The van der Waals surface area contributed by atoms with Gasteiger partial charge in [-0.05, 0) is 12.8 Å². The van der Waals surface area contributed by atoms with Crippen LogP contribution < -0.4 is 22.3 Å². The smallest absolute Gasteiger partial charge is 0.325 e. The second kappa shape index (κ2) is 5.18. The van der Waals surface area contributed by atoms with Crippen LogP contribution in [-0.4, -0.2) is 28.0 Å². The third kappa shape index (κ3) is 2.67. The van der Waals surface area contributed by atoms with Gasteiger partial charge in [0.25, 0.3) is 11.5 Å². The van der Waals surface area contributed by atoms with Crippen molar-refractivity contribution in [3.8, 4) is 0 Å². The summed E-state index contributed by atoms with van der Waals surface area (Å²) in [6, 6.07) is -0.192. The van der Waals surface area contributed by atoms with Crippen LogP contribution in [0.15, 0.2) is 15.8 Å². The number of hydrogen-bond donors (Lipinski definition) is 4. The average molecular weight is 252 g/mol. The third-order valence-corrected chi connectivity index (χ3v) is 3.20. The molecule has 2 unspecified atom stereocenters. The lowest BCUT2D eigenvalue weighted by Crippen LogP contribution is -2.50. The van der Waals surface area contributed by atoms with E-state index in [0.717, 1.165) is 31.9 Å². The Hall–Kier alpha value is -1.89. The number of H-pyrrole nitrogens is 2. The molecule has 1 aliphatic carbocycles. The van der Waals surface area contributed by atoms with Crippen molar-refractivity contribution >= 4 is 5.91 Å². The molecule has 0 aliphatic heterocycles. The van der Waals surface area contributed by atoms with Gasteiger partial charge in [-0.3, -0.25) is 14.6 Å². The van der Waals surface area contributed by atoms with Crippen molar-refractivity contribution in [2.45, 2.75) is 37.8 Å². The average Bonchev–Trinajstić information content (AvgIpc) is 2.32. The van der Waals surface area contributed by atoms with Gasteiger partial charge in [-0.15, -0.1) is 0 Å². The first-order valence-corrected chi connectivity index (χ1v) is 5.96. The number of nitrogens with two attached hydrogens (primary N) is 1. The van der Waals surface area contributed by atoms with E-state index < -0.39 is 17.2 Å². The number of hydrogen-bond acceptors (Lipinski definition) is 4. The molecular weight excluding hydrogens is 236 g/mol. The first-order valence-electron chi connectivity index (χ1n) is 5.96. The maximum Gasteiger partial charge on any atom is 0.325 e. The Morgan fingerprint density at radius 1 is 1.33 bits per heavy atom. The fourth-order valence-electron chi connectivity index (χ4n) is 2.16. The van der Waals surface area contributed by atoms with Gasteiger partial charge in [-0.25, -0.2) is 4.79 Å². The van der Waals surface area contributed by atoms with Gasteiger partial charge in [-0.1, -0.05) is 12.8 Å². The number of amides is 1. The van der Waals surface area contributed by atoms with Crippen molar-refractivity contribution in [1.82, 2.24) is 15.3 Å². The largest absolute Gasteiger partial charge is 0.348 e. The highest BCUT2D eigenvalue weighted by Crippen LogP contribution is 2.16. The molecule has 1 aromatic heterocycles. The Bertz CT molecular complexity index is 548. The van der Waals surface area contributed by atoms with E-state index in [2.05, 4.69) is 10.3 Å². The van der Waals surface area contributed by atoms with Gasteiger partial charge in [0, 0.05) is 18.3 Å². The van der Waals surface area contributed by atoms with Gasteiger partial charge in [-0.2, -0.15) is 0 Å². The van der Waals surface area contributed by atoms with Crippen molar-refractivity contribution in [2.24, 2.45) is 5.73 Å². The molecule has 7 heteroatoms. The molecule has 7 nitrogen and oxygen atoms in total. The van der Waals surface area contributed by atoms with Crippen LogP contribution in [0.3, 0.4) is 0 Å². The molecule has 0 aromatic carbocycles. The molecule has 18 heavy (non-hydrogen) atoms. The van der Waals surface area contributed by atoms with Crippen LogP contribution in [0.25, 0.3) is 0 Å². The molecule has 2 rings (SSSR count). The molecule has 0 spiro atoms. The summed E-state index contributed by atoms with van der Waals surface area (Å²) in [5.74, 6) is -0.505. The summed E-state index contributed by atoms with van der Waals surface area (Å²) in [4.78, 5) is 38.4. The SMILES string of the molecule is NC1CCCCC1NC(=O)c1c[nH]c(=O)[nH]c1=O. The van der Waals surface area contributed by atoms with Crippen LogP contribution >= 0.6 is 0 Å². The lowest BCUT2D eigenvalue weighted by atomic mass is 9.91. The molecule has 1 heterocycles. The topological polar surface area (TPSA) is 121 Å². The molecule has 1 amide bonds. The summed E-state index contributed by atoms with van der Waals surface area (Å²) in [5.41, 5.74) is 4.48. The highest BCUT2D eigenvalue weighted by molar-refractivity contribution is 5.93. The maximum absolute atomic E-state index is 11.9. The zero-order valence-electron chi connectivity index (χ0n) is 9.86. The van der Waals surface area contributed by atoms with Crippen molar-refractivity contribution in [3.63, 3.8) is 0 Å². The Balaban J connectivity index is 2.12. The van der Waals surface area contributed by atoms with E-state index in [4.69, 9.17) is 5.73 Å². The number of carbonyl (C=O) groups excluding carboxylic acids is 1. The molecule has 2 atom stereocenters. The minimum atomic E-state index is -0.694. The van der Waals surface area contributed by atoms with Crippen molar-refractivity contribution in [3.05, 3.63) is 32.6 Å². The molecule has 0 saturated heterocycles. The summed E-state index contributed by atoms with van der Waals surface area (Å²) in [5, 5.41) is 2.74. The van der Waals surface area contributed by atoms with E-state index in [1.165, 1.54) is 0 Å². The quantitative estimate of drug-likeness (QED) is 0.543. The highest BCUT2D eigenvalue weighted by atomic mass is 16.2. The lowest BCUT2D eigenvalue weighted by Gasteiger charge is -2.29. The first-order chi connectivity index (χ1) is 8.58.